The molecule has 1 amide bonds. The Morgan fingerprint density at radius 2 is 2.28 bits per heavy atom. The summed E-state index contributed by atoms with van der Waals surface area (Å²) in [7, 11) is 3.31. The summed E-state index contributed by atoms with van der Waals surface area (Å²) in [4.78, 5) is 27.0. The lowest BCUT2D eigenvalue weighted by molar-refractivity contribution is -0.384. The van der Waals surface area contributed by atoms with E-state index >= 15 is 0 Å². The summed E-state index contributed by atoms with van der Waals surface area (Å²) in [5.74, 6) is 0.108. The minimum absolute atomic E-state index is 0.0535. The number of hydrogen-bond acceptors (Lipinski definition) is 5. The Morgan fingerprint density at radius 3 is 2.83 bits per heavy atom. The fourth-order valence-corrected chi connectivity index (χ4v) is 1.53. The molecule has 1 aromatic rings. The lowest BCUT2D eigenvalue weighted by atomic mass is 10.3. The van der Waals surface area contributed by atoms with E-state index in [4.69, 9.17) is 0 Å². The van der Waals surface area contributed by atoms with E-state index in [1.807, 2.05) is 0 Å². The van der Waals surface area contributed by atoms with Crippen molar-refractivity contribution in [1.82, 2.24) is 9.88 Å². The van der Waals surface area contributed by atoms with Gasteiger partial charge in [0.25, 0.3) is 0 Å². The number of nitrogens with zero attached hydrogens (tertiary/aromatic N) is 3. The molecule has 7 nitrogen and oxygen atoms in total. The molecule has 0 unspecified atom stereocenters. The van der Waals surface area contributed by atoms with Crippen molar-refractivity contribution in [2.45, 2.75) is 6.42 Å². The van der Waals surface area contributed by atoms with Crippen LogP contribution in [0.25, 0.3) is 0 Å². The number of anilines is 1. The molecule has 0 atom stereocenters. The number of nitrogens with one attached hydrogen (secondary N) is 1. The van der Waals surface area contributed by atoms with Crippen LogP contribution in [0.15, 0.2) is 16.7 Å². The highest BCUT2D eigenvalue weighted by Gasteiger charge is 2.15. The van der Waals surface area contributed by atoms with Gasteiger partial charge in [0, 0.05) is 43.8 Å². The molecule has 0 saturated heterocycles. The average Bonchev–Trinajstić information content (AvgIpc) is 2.30. The van der Waals surface area contributed by atoms with E-state index in [2.05, 4.69) is 26.2 Å². The number of carbonyl (C=O) groups excluding carboxylic acids is 1. The second kappa shape index (κ2) is 6.29. The van der Waals surface area contributed by atoms with Crippen LogP contribution < -0.4 is 5.32 Å². The van der Waals surface area contributed by atoms with Gasteiger partial charge in [-0.15, -0.1) is 0 Å². The van der Waals surface area contributed by atoms with Gasteiger partial charge in [-0.1, -0.05) is 0 Å². The van der Waals surface area contributed by atoms with Gasteiger partial charge in [0.05, 0.1) is 4.92 Å². The lowest BCUT2D eigenvalue weighted by Gasteiger charge is -2.10. The topological polar surface area (TPSA) is 88.4 Å². The molecule has 0 fully saturated rings. The molecule has 1 heterocycles. The van der Waals surface area contributed by atoms with Crippen LogP contribution in [-0.4, -0.2) is 41.4 Å². The fourth-order valence-electron chi connectivity index (χ4n) is 1.22. The summed E-state index contributed by atoms with van der Waals surface area (Å²) in [6.45, 7) is 0.298. The van der Waals surface area contributed by atoms with Gasteiger partial charge < -0.3 is 10.2 Å². The standard InChI is InChI=1S/C10H13BrN4O3/c1-14(2)9(16)3-4-12-10-8(15(17)18)5-7(11)6-13-10/h5-6H,3-4H2,1-2H3,(H,12,13). The maximum absolute atomic E-state index is 11.3. The van der Waals surface area contributed by atoms with Gasteiger partial charge in [-0.2, -0.15) is 0 Å². The Bertz CT molecular complexity index is 464. The van der Waals surface area contributed by atoms with E-state index in [0.717, 1.165) is 0 Å². The summed E-state index contributed by atoms with van der Waals surface area (Å²) >= 11 is 3.12. The SMILES string of the molecule is CN(C)C(=O)CCNc1ncc(Br)cc1[N+](=O)[O-]. The molecule has 1 aromatic heterocycles. The van der Waals surface area contributed by atoms with Crippen LogP contribution in [0.3, 0.4) is 0 Å². The average molecular weight is 317 g/mol. The quantitative estimate of drug-likeness (QED) is 0.659. The van der Waals surface area contributed by atoms with Crippen molar-refractivity contribution in [3.63, 3.8) is 0 Å². The number of nitro groups is 1. The van der Waals surface area contributed by atoms with E-state index in [1.54, 1.807) is 14.1 Å². The number of amides is 1. The maximum Gasteiger partial charge on any atom is 0.312 e. The van der Waals surface area contributed by atoms with Gasteiger partial charge in [0.15, 0.2) is 0 Å². The van der Waals surface area contributed by atoms with Crippen LogP contribution in [0.2, 0.25) is 0 Å². The first-order chi connectivity index (χ1) is 8.41. The molecule has 0 aliphatic heterocycles. The van der Waals surface area contributed by atoms with Gasteiger partial charge in [-0.3, -0.25) is 14.9 Å². The van der Waals surface area contributed by atoms with Crippen LogP contribution in [0.4, 0.5) is 11.5 Å². The molecular formula is C10H13BrN4O3. The van der Waals surface area contributed by atoms with Crippen molar-refractivity contribution in [2.24, 2.45) is 0 Å². The van der Waals surface area contributed by atoms with Crippen LogP contribution in [0.5, 0.6) is 0 Å². The first-order valence-electron chi connectivity index (χ1n) is 5.15. The van der Waals surface area contributed by atoms with Crippen LogP contribution in [0.1, 0.15) is 6.42 Å². The predicted molar refractivity (Wildman–Crippen MR) is 70.4 cm³/mol. The third-order valence-electron chi connectivity index (χ3n) is 2.16. The molecule has 0 bridgehead atoms. The van der Waals surface area contributed by atoms with Crippen molar-refractivity contribution in [1.29, 1.82) is 0 Å². The summed E-state index contributed by atoms with van der Waals surface area (Å²) < 4.78 is 0.532. The third kappa shape index (κ3) is 3.95. The van der Waals surface area contributed by atoms with Crippen molar-refractivity contribution in [3.05, 3.63) is 26.9 Å². The summed E-state index contributed by atoms with van der Waals surface area (Å²) in [5.41, 5.74) is -0.123. The molecule has 0 spiro atoms. The zero-order chi connectivity index (χ0) is 13.7. The summed E-state index contributed by atoms with van der Waals surface area (Å²) in [5, 5.41) is 13.6. The molecule has 1 N–H and O–H groups in total. The van der Waals surface area contributed by atoms with Gasteiger partial charge in [0.1, 0.15) is 0 Å². The van der Waals surface area contributed by atoms with Gasteiger partial charge in [0.2, 0.25) is 11.7 Å². The zero-order valence-corrected chi connectivity index (χ0v) is 11.6. The van der Waals surface area contributed by atoms with Crippen molar-refractivity contribution >= 4 is 33.3 Å². The van der Waals surface area contributed by atoms with E-state index in [1.165, 1.54) is 17.2 Å². The molecule has 0 radical (unpaired) electrons. The van der Waals surface area contributed by atoms with Gasteiger partial charge in [-0.05, 0) is 15.9 Å². The molecular weight excluding hydrogens is 304 g/mol. The summed E-state index contributed by atoms with van der Waals surface area (Å²) in [6.07, 6.45) is 1.71. The highest BCUT2D eigenvalue weighted by molar-refractivity contribution is 9.10. The maximum atomic E-state index is 11.3. The first-order valence-corrected chi connectivity index (χ1v) is 5.95. The molecule has 0 aromatic carbocycles. The largest absolute Gasteiger partial charge is 0.364 e. The molecule has 98 valence electrons. The normalized spacial score (nSPS) is 9.94. The third-order valence-corrected chi connectivity index (χ3v) is 2.59. The number of hydrogen-bond donors (Lipinski definition) is 1. The van der Waals surface area contributed by atoms with Crippen LogP contribution >= 0.6 is 15.9 Å². The number of aromatic nitrogens is 1. The second-order valence-electron chi connectivity index (χ2n) is 3.74. The van der Waals surface area contributed by atoms with E-state index in [0.29, 0.717) is 11.0 Å². The molecule has 0 aliphatic rings. The molecule has 18 heavy (non-hydrogen) atoms. The molecule has 8 heteroatoms. The minimum atomic E-state index is -0.520. The number of carbonyl (C=O) groups is 1. The fraction of sp³-hybridized carbons (Fsp3) is 0.400. The number of halogens is 1. The van der Waals surface area contributed by atoms with Gasteiger partial charge >= 0.3 is 5.69 Å². The molecule has 1 rings (SSSR count). The van der Waals surface area contributed by atoms with Crippen molar-refractivity contribution in [3.8, 4) is 0 Å². The van der Waals surface area contributed by atoms with E-state index in [9.17, 15) is 14.9 Å². The number of rotatable bonds is 5. The Kier molecular flexibility index (Phi) is 5.02. The highest BCUT2D eigenvalue weighted by Crippen LogP contribution is 2.25. The molecule has 0 aliphatic carbocycles. The van der Waals surface area contributed by atoms with Crippen LogP contribution in [-0.2, 0) is 4.79 Å². The van der Waals surface area contributed by atoms with Gasteiger partial charge in [-0.25, -0.2) is 4.98 Å². The smallest absolute Gasteiger partial charge is 0.312 e. The molecule has 0 saturated carbocycles. The monoisotopic (exact) mass is 316 g/mol. The second-order valence-corrected chi connectivity index (χ2v) is 4.66. The Morgan fingerprint density at radius 1 is 1.61 bits per heavy atom. The lowest BCUT2D eigenvalue weighted by Crippen LogP contribution is -2.24. The highest BCUT2D eigenvalue weighted by atomic mass is 79.9. The van der Waals surface area contributed by atoms with E-state index in [-0.39, 0.29) is 23.8 Å². The number of pyridine rings is 1. The Hall–Kier alpha value is -1.70. The Labute approximate surface area is 112 Å². The first kappa shape index (κ1) is 14.4. The van der Waals surface area contributed by atoms with E-state index < -0.39 is 4.92 Å². The zero-order valence-electron chi connectivity index (χ0n) is 10.0. The summed E-state index contributed by atoms with van der Waals surface area (Å²) in [6, 6.07) is 1.36. The van der Waals surface area contributed by atoms with Crippen LogP contribution in [0, 0.1) is 10.1 Å². The Balaban J connectivity index is 2.68. The van der Waals surface area contributed by atoms with Crippen molar-refractivity contribution in [2.75, 3.05) is 26.0 Å². The van der Waals surface area contributed by atoms with Crippen molar-refractivity contribution < 1.29 is 9.72 Å². The predicted octanol–water partition coefficient (Wildman–Crippen LogP) is 1.64. The minimum Gasteiger partial charge on any atom is -0.364 e.